The lowest BCUT2D eigenvalue weighted by molar-refractivity contribution is -0.131. The lowest BCUT2D eigenvalue weighted by Gasteiger charge is -2.31. The van der Waals surface area contributed by atoms with Crippen LogP contribution in [0.25, 0.3) is 0 Å². The molecule has 0 bridgehead atoms. The van der Waals surface area contributed by atoms with Gasteiger partial charge in [0.25, 0.3) is 0 Å². The normalized spacial score (nSPS) is 11.9. The van der Waals surface area contributed by atoms with Crippen LogP contribution in [-0.2, 0) is 4.79 Å². The Hall–Kier alpha value is -0.570. The smallest absolute Gasteiger partial charge is 0.227 e. The number of carbonyl (C=O) groups excluding carboxylic acids is 1. The zero-order valence-electron chi connectivity index (χ0n) is 12.7. The van der Waals surface area contributed by atoms with Crippen molar-refractivity contribution in [2.75, 3.05) is 13.1 Å². The molecule has 0 saturated carbocycles. The van der Waals surface area contributed by atoms with Crippen LogP contribution in [0.15, 0.2) is 0 Å². The quantitative estimate of drug-likeness (QED) is 0.631. The Kier molecular flexibility index (Phi) is 9.08. The molecule has 0 aliphatic carbocycles. The van der Waals surface area contributed by atoms with Gasteiger partial charge in [0.2, 0.25) is 5.91 Å². The fourth-order valence-electron chi connectivity index (χ4n) is 2.61. The second-order valence-corrected chi connectivity index (χ2v) is 5.38. The average molecular weight is 256 g/mol. The third-order valence-electron chi connectivity index (χ3n) is 4.04. The largest absolute Gasteiger partial charge is 0.355 e. The van der Waals surface area contributed by atoms with Gasteiger partial charge in [-0.15, -0.1) is 0 Å². The van der Waals surface area contributed by atoms with Gasteiger partial charge >= 0.3 is 0 Å². The van der Waals surface area contributed by atoms with Crippen LogP contribution < -0.4 is 11.1 Å². The van der Waals surface area contributed by atoms with Crippen LogP contribution in [0.5, 0.6) is 0 Å². The minimum absolute atomic E-state index is 0.167. The summed E-state index contributed by atoms with van der Waals surface area (Å²) in [7, 11) is 0. The summed E-state index contributed by atoms with van der Waals surface area (Å²) in [5.74, 6) is 0.758. The molecule has 0 aromatic rings. The second kappa shape index (κ2) is 9.37. The van der Waals surface area contributed by atoms with Crippen molar-refractivity contribution in [2.45, 2.75) is 66.2 Å². The van der Waals surface area contributed by atoms with Crippen LogP contribution in [0, 0.1) is 11.3 Å². The van der Waals surface area contributed by atoms with Gasteiger partial charge in [-0.05, 0) is 18.8 Å². The van der Waals surface area contributed by atoms with E-state index in [1.165, 1.54) is 0 Å². The topological polar surface area (TPSA) is 55.1 Å². The molecule has 0 rings (SSSR count). The highest BCUT2D eigenvalue weighted by Gasteiger charge is 2.35. The lowest BCUT2D eigenvalue weighted by atomic mass is 9.78. The summed E-state index contributed by atoms with van der Waals surface area (Å²) in [6.07, 6.45) is 6.05. The first-order chi connectivity index (χ1) is 8.60. The number of nitrogens with two attached hydrogens (primary N) is 1. The molecular formula is C15H32N2O. The maximum atomic E-state index is 12.4. The van der Waals surface area contributed by atoms with Gasteiger partial charge in [-0.3, -0.25) is 4.79 Å². The van der Waals surface area contributed by atoms with Crippen LogP contribution in [0.4, 0.5) is 0 Å². The Morgan fingerprint density at radius 3 is 1.94 bits per heavy atom. The Bertz CT molecular complexity index is 219. The van der Waals surface area contributed by atoms with Crippen molar-refractivity contribution in [3.63, 3.8) is 0 Å². The van der Waals surface area contributed by atoms with Crippen LogP contribution in [-0.4, -0.2) is 19.0 Å². The Morgan fingerprint density at radius 2 is 1.61 bits per heavy atom. The molecule has 0 spiro atoms. The highest BCUT2D eigenvalue weighted by atomic mass is 16.2. The van der Waals surface area contributed by atoms with Gasteiger partial charge < -0.3 is 11.1 Å². The van der Waals surface area contributed by atoms with Gasteiger partial charge in [0.1, 0.15) is 0 Å². The maximum absolute atomic E-state index is 12.4. The van der Waals surface area contributed by atoms with Gasteiger partial charge in [-0.2, -0.15) is 0 Å². The first-order valence-corrected chi connectivity index (χ1v) is 7.58. The molecule has 108 valence electrons. The van der Waals surface area contributed by atoms with E-state index in [1.807, 2.05) is 0 Å². The van der Waals surface area contributed by atoms with E-state index in [4.69, 9.17) is 5.73 Å². The summed E-state index contributed by atoms with van der Waals surface area (Å²) < 4.78 is 0. The van der Waals surface area contributed by atoms with Crippen molar-refractivity contribution in [1.82, 2.24) is 5.32 Å². The zero-order chi connectivity index (χ0) is 14.0. The average Bonchev–Trinajstić information content (AvgIpc) is 2.39. The van der Waals surface area contributed by atoms with E-state index in [-0.39, 0.29) is 11.3 Å². The highest BCUT2D eigenvalue weighted by Crippen LogP contribution is 2.29. The van der Waals surface area contributed by atoms with E-state index in [1.54, 1.807) is 0 Å². The van der Waals surface area contributed by atoms with Crippen LogP contribution in [0.1, 0.15) is 66.2 Å². The first kappa shape index (κ1) is 17.4. The van der Waals surface area contributed by atoms with Crippen LogP contribution in [0.2, 0.25) is 0 Å². The monoisotopic (exact) mass is 256 g/mol. The number of hydrogen-bond donors (Lipinski definition) is 2. The maximum Gasteiger partial charge on any atom is 0.227 e. The predicted octanol–water partition coefficient (Wildman–Crippen LogP) is 3.08. The summed E-state index contributed by atoms with van der Waals surface area (Å²) in [4.78, 5) is 12.4. The molecule has 0 atom stereocenters. The SMILES string of the molecule is CCCC(CN)(CCC)C(=O)NCC(CC)CC. The lowest BCUT2D eigenvalue weighted by Crippen LogP contribution is -2.47. The second-order valence-electron chi connectivity index (χ2n) is 5.38. The fourth-order valence-corrected chi connectivity index (χ4v) is 2.61. The number of carbonyl (C=O) groups is 1. The molecule has 3 heteroatoms. The van der Waals surface area contributed by atoms with E-state index in [0.29, 0.717) is 12.5 Å². The third kappa shape index (κ3) is 4.97. The molecular weight excluding hydrogens is 224 g/mol. The molecule has 0 aromatic carbocycles. The Morgan fingerprint density at radius 1 is 1.11 bits per heavy atom. The van der Waals surface area contributed by atoms with Crippen LogP contribution in [0.3, 0.4) is 0 Å². The predicted molar refractivity (Wildman–Crippen MR) is 78.4 cm³/mol. The standard InChI is InChI=1S/C15H32N2O/c1-5-9-15(12-16,10-6-2)14(18)17-11-13(7-3)8-4/h13H,5-12,16H2,1-4H3,(H,17,18). The minimum atomic E-state index is -0.338. The summed E-state index contributed by atoms with van der Waals surface area (Å²) in [5.41, 5.74) is 5.55. The van der Waals surface area contributed by atoms with Crippen molar-refractivity contribution >= 4 is 5.91 Å². The summed E-state index contributed by atoms with van der Waals surface area (Å²) in [6, 6.07) is 0. The molecule has 0 unspecified atom stereocenters. The van der Waals surface area contributed by atoms with Crippen molar-refractivity contribution in [2.24, 2.45) is 17.1 Å². The Labute approximate surface area is 113 Å². The summed E-state index contributed by atoms with van der Waals surface area (Å²) in [5, 5.41) is 3.13. The molecule has 0 radical (unpaired) electrons. The van der Waals surface area contributed by atoms with Gasteiger partial charge in [0, 0.05) is 13.1 Å². The van der Waals surface area contributed by atoms with E-state index in [2.05, 4.69) is 33.0 Å². The van der Waals surface area contributed by atoms with Gasteiger partial charge in [-0.1, -0.05) is 53.4 Å². The van der Waals surface area contributed by atoms with Gasteiger partial charge in [0.15, 0.2) is 0 Å². The number of hydrogen-bond acceptors (Lipinski definition) is 2. The van der Waals surface area contributed by atoms with E-state index in [0.717, 1.165) is 45.1 Å². The molecule has 0 aliphatic rings. The Balaban J connectivity index is 4.54. The molecule has 0 aromatic heterocycles. The molecule has 0 saturated heterocycles. The van der Waals surface area contributed by atoms with Crippen molar-refractivity contribution in [3.8, 4) is 0 Å². The van der Waals surface area contributed by atoms with Crippen molar-refractivity contribution in [3.05, 3.63) is 0 Å². The van der Waals surface area contributed by atoms with E-state index >= 15 is 0 Å². The van der Waals surface area contributed by atoms with Crippen LogP contribution >= 0.6 is 0 Å². The number of nitrogens with one attached hydrogen (secondary N) is 1. The molecule has 3 nitrogen and oxygen atoms in total. The van der Waals surface area contributed by atoms with Crippen molar-refractivity contribution < 1.29 is 4.79 Å². The van der Waals surface area contributed by atoms with E-state index in [9.17, 15) is 4.79 Å². The van der Waals surface area contributed by atoms with E-state index < -0.39 is 0 Å². The first-order valence-electron chi connectivity index (χ1n) is 7.58. The molecule has 0 fully saturated rings. The summed E-state index contributed by atoms with van der Waals surface area (Å²) >= 11 is 0. The molecule has 1 amide bonds. The zero-order valence-corrected chi connectivity index (χ0v) is 12.7. The molecule has 0 heterocycles. The van der Waals surface area contributed by atoms with Crippen molar-refractivity contribution in [1.29, 1.82) is 0 Å². The summed E-state index contributed by atoms with van der Waals surface area (Å²) in [6.45, 7) is 9.84. The molecule has 0 aliphatic heterocycles. The third-order valence-corrected chi connectivity index (χ3v) is 4.04. The van der Waals surface area contributed by atoms with Gasteiger partial charge in [-0.25, -0.2) is 0 Å². The minimum Gasteiger partial charge on any atom is -0.355 e. The molecule has 18 heavy (non-hydrogen) atoms. The highest BCUT2D eigenvalue weighted by molar-refractivity contribution is 5.82. The number of rotatable bonds is 10. The fraction of sp³-hybridized carbons (Fsp3) is 0.933. The molecule has 3 N–H and O–H groups in total. The van der Waals surface area contributed by atoms with Gasteiger partial charge in [0.05, 0.1) is 5.41 Å². The number of amides is 1.